The Hall–Kier alpha value is -3.56. The highest BCUT2D eigenvalue weighted by molar-refractivity contribution is 5.94. The smallest absolute Gasteiger partial charge is 1.00 e. The van der Waals surface area contributed by atoms with Gasteiger partial charge < -0.3 is 27.6 Å². The third kappa shape index (κ3) is 5.95. The van der Waals surface area contributed by atoms with Crippen molar-refractivity contribution in [3.63, 3.8) is 0 Å². The van der Waals surface area contributed by atoms with Crippen molar-refractivity contribution in [2.45, 2.75) is 46.7 Å². The van der Waals surface area contributed by atoms with Crippen molar-refractivity contribution in [3.8, 4) is 0 Å². The Bertz CT molecular complexity index is 1470. The van der Waals surface area contributed by atoms with E-state index in [1.54, 1.807) is 36.1 Å². The summed E-state index contributed by atoms with van der Waals surface area (Å²) in [6.07, 6.45) is 0.568. The van der Waals surface area contributed by atoms with Gasteiger partial charge in [-0.1, -0.05) is 48.8 Å². The molecular formula is C28H33ClFN5O3. The number of carbonyl (C=O) groups excluding carboxylic acids is 1. The van der Waals surface area contributed by atoms with Crippen LogP contribution in [0.25, 0.3) is 11.1 Å². The molecule has 202 valence electrons. The van der Waals surface area contributed by atoms with Crippen LogP contribution in [0.15, 0.2) is 57.8 Å². The van der Waals surface area contributed by atoms with Crippen LogP contribution in [0.2, 0.25) is 0 Å². The minimum absolute atomic E-state index is 0. The number of hydrogen-bond donors (Lipinski definition) is 1. The van der Waals surface area contributed by atoms with Crippen molar-refractivity contribution in [1.29, 1.82) is 0 Å². The van der Waals surface area contributed by atoms with Crippen molar-refractivity contribution in [2.24, 2.45) is 11.7 Å². The van der Waals surface area contributed by atoms with Crippen LogP contribution in [-0.4, -0.2) is 38.6 Å². The van der Waals surface area contributed by atoms with Gasteiger partial charge in [-0.3, -0.25) is 14.2 Å². The second-order valence-electron chi connectivity index (χ2n) is 9.64. The van der Waals surface area contributed by atoms with Gasteiger partial charge in [0.25, 0.3) is 17.2 Å². The van der Waals surface area contributed by atoms with Crippen molar-refractivity contribution in [3.05, 3.63) is 92.9 Å². The quantitative estimate of drug-likeness (QED) is 0.344. The Morgan fingerprint density at radius 3 is 2.53 bits per heavy atom. The highest BCUT2D eigenvalue weighted by Gasteiger charge is 2.33. The molecule has 4 rings (SSSR count). The summed E-state index contributed by atoms with van der Waals surface area (Å²) in [4.78, 5) is 34.1. The molecule has 2 heterocycles. The Balaban J connectivity index is 0.00000267. The van der Waals surface area contributed by atoms with Crippen LogP contribution in [0.4, 0.5) is 4.39 Å². The average Bonchev–Trinajstić information content (AvgIpc) is 3.24. The molecule has 0 spiro atoms. The number of amides is 1. The number of hydrogen-bond acceptors (Lipinski definition) is 6. The minimum Gasteiger partial charge on any atom is -1.00 e. The number of fused-ring (bicyclic) bond motifs is 1. The van der Waals surface area contributed by atoms with Crippen LogP contribution in [0, 0.1) is 25.6 Å². The maximum Gasteiger partial charge on any atom is 1.00 e. The number of carbonyl (C=O) groups is 1. The first-order valence-corrected chi connectivity index (χ1v) is 12.4. The van der Waals surface area contributed by atoms with Crippen molar-refractivity contribution < 1.29 is 27.5 Å². The van der Waals surface area contributed by atoms with Gasteiger partial charge in [-0.05, 0) is 62.6 Å². The maximum absolute atomic E-state index is 14.0. The first kappa shape index (κ1) is 29.0. The van der Waals surface area contributed by atoms with Crippen LogP contribution < -0.4 is 23.7 Å². The molecule has 2 aromatic carbocycles. The first-order valence-electron chi connectivity index (χ1n) is 12.4. The van der Waals surface area contributed by atoms with Gasteiger partial charge in [-0.25, -0.2) is 4.39 Å². The molecule has 1 unspecified atom stereocenters. The molecule has 10 heteroatoms. The summed E-state index contributed by atoms with van der Waals surface area (Å²) in [6, 6.07) is 12.9. The van der Waals surface area contributed by atoms with E-state index in [0.717, 1.165) is 5.56 Å². The largest absolute Gasteiger partial charge is 1.00 e. The Morgan fingerprint density at radius 2 is 1.89 bits per heavy atom. The van der Waals surface area contributed by atoms with Crippen LogP contribution in [0.1, 0.15) is 60.7 Å². The third-order valence-electron chi connectivity index (χ3n) is 6.42. The fourth-order valence-corrected chi connectivity index (χ4v) is 4.57. The van der Waals surface area contributed by atoms with E-state index < -0.39 is 11.9 Å². The lowest BCUT2D eigenvalue weighted by molar-refractivity contribution is -0.0000196. The van der Waals surface area contributed by atoms with Crippen LogP contribution in [-0.2, 0) is 6.54 Å². The van der Waals surface area contributed by atoms with Crippen LogP contribution in [0.3, 0.4) is 0 Å². The zero-order valence-corrected chi connectivity index (χ0v) is 22.7. The van der Waals surface area contributed by atoms with Gasteiger partial charge >= 0.3 is 1.43 Å². The number of nitrogens with zero attached hydrogens (tertiary/aromatic N) is 4. The van der Waals surface area contributed by atoms with Gasteiger partial charge in [0.2, 0.25) is 0 Å². The van der Waals surface area contributed by atoms with Gasteiger partial charge in [-0.15, -0.1) is 0 Å². The molecule has 2 N–H and O–H groups in total. The molecule has 0 aliphatic heterocycles. The van der Waals surface area contributed by atoms with Crippen LogP contribution >= 0.6 is 0 Å². The lowest BCUT2D eigenvalue weighted by Crippen LogP contribution is -3.00. The first-order chi connectivity index (χ1) is 17.7. The lowest BCUT2D eigenvalue weighted by atomic mass is 9.98. The Morgan fingerprint density at radius 1 is 1.18 bits per heavy atom. The van der Waals surface area contributed by atoms with Crippen molar-refractivity contribution in [2.75, 3.05) is 13.1 Å². The monoisotopic (exact) mass is 541 g/mol. The highest BCUT2D eigenvalue weighted by Crippen LogP contribution is 2.30. The summed E-state index contributed by atoms with van der Waals surface area (Å²) in [7, 11) is 0. The minimum atomic E-state index is -0.587. The number of benzene rings is 2. The molecule has 0 saturated heterocycles. The summed E-state index contributed by atoms with van der Waals surface area (Å²) in [5, 5.41) is 4.21. The topological polar surface area (TPSA) is 107 Å². The summed E-state index contributed by atoms with van der Waals surface area (Å²) >= 11 is 0. The molecule has 1 atom stereocenters. The summed E-state index contributed by atoms with van der Waals surface area (Å²) in [5.41, 5.74) is 8.18. The molecule has 4 aromatic rings. The fraction of sp³-hybridized carbons (Fsp3) is 0.357. The molecule has 8 nitrogen and oxygen atoms in total. The predicted molar refractivity (Wildman–Crippen MR) is 141 cm³/mol. The third-order valence-corrected chi connectivity index (χ3v) is 6.42. The number of halogens is 2. The van der Waals surface area contributed by atoms with E-state index in [1.807, 2.05) is 32.9 Å². The molecule has 0 aliphatic rings. The zero-order valence-electron chi connectivity index (χ0n) is 22.9. The van der Waals surface area contributed by atoms with E-state index in [0.29, 0.717) is 42.2 Å². The van der Waals surface area contributed by atoms with E-state index in [9.17, 15) is 14.0 Å². The fourth-order valence-electron chi connectivity index (χ4n) is 4.57. The van der Waals surface area contributed by atoms with Gasteiger partial charge in [0.1, 0.15) is 17.0 Å². The summed E-state index contributed by atoms with van der Waals surface area (Å²) in [6.45, 7) is 8.42. The summed E-state index contributed by atoms with van der Waals surface area (Å²) < 4.78 is 20.9. The Labute approximate surface area is 228 Å². The van der Waals surface area contributed by atoms with Crippen molar-refractivity contribution in [1.82, 2.24) is 19.6 Å². The highest BCUT2D eigenvalue weighted by atomic mass is 35.5. The van der Waals surface area contributed by atoms with E-state index in [1.165, 1.54) is 16.7 Å². The molecule has 0 radical (unpaired) electrons. The molecule has 38 heavy (non-hydrogen) atoms. The van der Waals surface area contributed by atoms with E-state index in [2.05, 4.69) is 5.16 Å². The number of aryl methyl sites for hydroxylation is 2. The molecular weight excluding hydrogens is 509 g/mol. The second kappa shape index (κ2) is 12.3. The van der Waals surface area contributed by atoms with Gasteiger partial charge in [-0.2, -0.15) is 4.98 Å². The van der Waals surface area contributed by atoms with Gasteiger partial charge in [0, 0.05) is 12.1 Å². The number of aromatic nitrogens is 3. The standard InChI is InChI=1S/C28H32FN5O3.ClH/c1-17(2)24(33(14-6-13-30)27(35)21-11-9-18(3)10-12-21)25-31-26-23(19(4)32-37-26)28(36)34(25)16-20-7-5-8-22(29)15-20;/h5,7-12,15,17,24H,6,13-14,16,30H2,1-4H3;1H. The normalized spacial score (nSPS) is 12.0. The molecule has 0 fully saturated rings. The molecule has 2 aromatic heterocycles. The SMILES string of the molecule is Cc1ccc(C(=O)N(CCCN)C(c2nc3onc(C)c3c(=O)n2Cc2cccc(F)c2)C(C)C)cc1.[Cl-].[H+]. The molecule has 1 amide bonds. The van der Waals surface area contributed by atoms with Crippen LogP contribution in [0.5, 0.6) is 0 Å². The lowest BCUT2D eigenvalue weighted by Gasteiger charge is -2.35. The summed E-state index contributed by atoms with van der Waals surface area (Å²) in [5.74, 6) is -0.362. The number of rotatable bonds is 9. The van der Waals surface area contributed by atoms with Crippen molar-refractivity contribution >= 4 is 17.0 Å². The maximum atomic E-state index is 14.0. The molecule has 0 aliphatic carbocycles. The molecule has 0 bridgehead atoms. The number of nitrogens with two attached hydrogens (primary N) is 1. The zero-order chi connectivity index (χ0) is 26.7. The molecule has 0 saturated carbocycles. The predicted octanol–water partition coefficient (Wildman–Crippen LogP) is 1.49. The second-order valence-corrected chi connectivity index (χ2v) is 9.64. The van der Waals surface area contributed by atoms with E-state index in [-0.39, 0.29) is 48.9 Å². The van der Waals surface area contributed by atoms with Gasteiger partial charge in [0.05, 0.1) is 18.3 Å². The van der Waals surface area contributed by atoms with E-state index in [4.69, 9.17) is 15.2 Å². The van der Waals surface area contributed by atoms with Gasteiger partial charge in [0.15, 0.2) is 0 Å². The van der Waals surface area contributed by atoms with E-state index >= 15 is 0 Å². The average molecular weight is 542 g/mol. The Kier molecular flexibility index (Phi) is 9.40.